The molecule has 1 aromatic carbocycles. The van der Waals surface area contributed by atoms with E-state index in [9.17, 15) is 0 Å². The number of ether oxygens (including phenoxy) is 1. The Hall–Kier alpha value is -0.835. The monoisotopic (exact) mass is 274 g/mol. The molecule has 1 aromatic rings. The lowest BCUT2D eigenvalue weighted by Gasteiger charge is -2.32. The van der Waals surface area contributed by atoms with E-state index in [1.807, 2.05) is 6.07 Å². The molecule has 2 aliphatic heterocycles. The highest BCUT2D eigenvalue weighted by Crippen LogP contribution is 2.48. The molecule has 2 unspecified atom stereocenters. The van der Waals surface area contributed by atoms with E-state index in [0.717, 1.165) is 13.0 Å². The van der Waals surface area contributed by atoms with Crippen LogP contribution in [0.4, 0.5) is 0 Å². The van der Waals surface area contributed by atoms with Crippen molar-refractivity contribution in [2.75, 3.05) is 6.61 Å². The molecule has 108 valence electrons. The molecule has 2 heterocycles. The second-order valence-electron chi connectivity index (χ2n) is 6.78. The van der Waals surface area contributed by atoms with E-state index in [-0.39, 0.29) is 30.2 Å². The highest BCUT2D eigenvalue weighted by molar-refractivity contribution is 6.47. The van der Waals surface area contributed by atoms with Gasteiger partial charge in [0.15, 0.2) is 0 Å². The van der Waals surface area contributed by atoms with Crippen LogP contribution in [0.5, 0.6) is 0 Å². The third-order valence-electron chi connectivity index (χ3n) is 4.89. The van der Waals surface area contributed by atoms with Crippen LogP contribution in [-0.4, -0.2) is 24.9 Å². The standard InChI is InChI=1S/C16H23BO3/c1-15(2)16(3,4)20-17(19-15)13-10-11-18-14(13)12-8-6-5-7-9-12/h5-9,13-14H,10-11H2,1-4H3. The maximum atomic E-state index is 6.20. The summed E-state index contributed by atoms with van der Waals surface area (Å²) in [5.74, 6) is 0.262. The molecule has 2 saturated heterocycles. The zero-order valence-electron chi connectivity index (χ0n) is 12.8. The second-order valence-corrected chi connectivity index (χ2v) is 6.78. The van der Waals surface area contributed by atoms with Gasteiger partial charge in [-0.05, 0) is 39.7 Å². The van der Waals surface area contributed by atoms with E-state index >= 15 is 0 Å². The molecule has 4 heteroatoms. The van der Waals surface area contributed by atoms with Crippen LogP contribution in [0.15, 0.2) is 30.3 Å². The lowest BCUT2D eigenvalue weighted by Crippen LogP contribution is -2.41. The molecule has 0 saturated carbocycles. The molecular formula is C16H23BO3. The maximum absolute atomic E-state index is 6.20. The van der Waals surface area contributed by atoms with E-state index < -0.39 is 0 Å². The Balaban J connectivity index is 1.81. The van der Waals surface area contributed by atoms with E-state index in [4.69, 9.17) is 14.0 Å². The quantitative estimate of drug-likeness (QED) is 0.771. The Morgan fingerprint density at radius 2 is 1.60 bits per heavy atom. The van der Waals surface area contributed by atoms with Gasteiger partial charge >= 0.3 is 7.12 Å². The van der Waals surface area contributed by atoms with Gasteiger partial charge in [-0.2, -0.15) is 0 Å². The summed E-state index contributed by atoms with van der Waals surface area (Å²) in [6, 6.07) is 10.4. The predicted octanol–water partition coefficient (Wildman–Crippen LogP) is 3.61. The van der Waals surface area contributed by atoms with Gasteiger partial charge < -0.3 is 14.0 Å². The fourth-order valence-corrected chi connectivity index (χ4v) is 2.93. The molecule has 2 aliphatic rings. The zero-order valence-corrected chi connectivity index (χ0v) is 12.8. The van der Waals surface area contributed by atoms with Crippen molar-refractivity contribution in [1.29, 1.82) is 0 Å². The summed E-state index contributed by atoms with van der Waals surface area (Å²) in [4.78, 5) is 0. The van der Waals surface area contributed by atoms with Gasteiger partial charge in [-0.15, -0.1) is 0 Å². The van der Waals surface area contributed by atoms with Crippen molar-refractivity contribution in [3.8, 4) is 0 Å². The number of benzene rings is 1. The lowest BCUT2D eigenvalue weighted by atomic mass is 9.66. The minimum Gasteiger partial charge on any atom is -0.403 e. The van der Waals surface area contributed by atoms with Crippen LogP contribution in [0.2, 0.25) is 5.82 Å². The first-order chi connectivity index (χ1) is 9.41. The van der Waals surface area contributed by atoms with Crippen molar-refractivity contribution in [3.05, 3.63) is 35.9 Å². The summed E-state index contributed by atoms with van der Waals surface area (Å²) in [7, 11) is -0.187. The van der Waals surface area contributed by atoms with Crippen LogP contribution in [-0.2, 0) is 14.0 Å². The first-order valence-electron chi connectivity index (χ1n) is 7.43. The van der Waals surface area contributed by atoms with Gasteiger partial charge in [0.2, 0.25) is 0 Å². The fraction of sp³-hybridized carbons (Fsp3) is 0.625. The summed E-state index contributed by atoms with van der Waals surface area (Å²) < 4.78 is 18.3. The minimum absolute atomic E-state index is 0.0749. The highest BCUT2D eigenvalue weighted by Gasteiger charge is 2.56. The van der Waals surface area contributed by atoms with Crippen LogP contribution in [0.25, 0.3) is 0 Å². The molecule has 0 amide bonds. The van der Waals surface area contributed by atoms with Gasteiger partial charge in [-0.3, -0.25) is 0 Å². The molecule has 20 heavy (non-hydrogen) atoms. The number of rotatable bonds is 2. The lowest BCUT2D eigenvalue weighted by molar-refractivity contribution is 0.00578. The Labute approximate surface area is 121 Å². The SMILES string of the molecule is CC1(C)OB(C2CCOC2c2ccccc2)OC1(C)C. The molecule has 3 rings (SSSR count). The molecule has 3 nitrogen and oxygen atoms in total. The highest BCUT2D eigenvalue weighted by atomic mass is 16.7. The molecule has 2 fully saturated rings. The smallest absolute Gasteiger partial charge is 0.403 e. The minimum atomic E-state index is -0.276. The summed E-state index contributed by atoms with van der Waals surface area (Å²) in [6.45, 7) is 9.16. The molecule has 0 aromatic heterocycles. The Morgan fingerprint density at radius 1 is 1.00 bits per heavy atom. The zero-order chi connectivity index (χ0) is 14.4. The van der Waals surface area contributed by atoms with Crippen molar-refractivity contribution in [3.63, 3.8) is 0 Å². The average Bonchev–Trinajstić information content (AvgIpc) is 2.94. The third kappa shape index (κ3) is 2.30. The van der Waals surface area contributed by atoms with Crippen LogP contribution in [0, 0.1) is 0 Å². The average molecular weight is 274 g/mol. The summed E-state index contributed by atoms with van der Waals surface area (Å²) in [6.07, 6.45) is 1.06. The van der Waals surface area contributed by atoms with E-state index in [2.05, 4.69) is 52.0 Å². The van der Waals surface area contributed by atoms with Gasteiger partial charge in [0.05, 0.1) is 17.3 Å². The van der Waals surface area contributed by atoms with E-state index in [0.29, 0.717) is 0 Å². The molecule has 0 N–H and O–H groups in total. The van der Waals surface area contributed by atoms with Gasteiger partial charge in [-0.25, -0.2) is 0 Å². The molecule has 0 bridgehead atoms. The van der Waals surface area contributed by atoms with Crippen LogP contribution >= 0.6 is 0 Å². The van der Waals surface area contributed by atoms with E-state index in [1.165, 1.54) is 5.56 Å². The molecule has 2 atom stereocenters. The second kappa shape index (κ2) is 4.87. The predicted molar refractivity (Wildman–Crippen MR) is 79.6 cm³/mol. The molecular weight excluding hydrogens is 251 g/mol. The van der Waals surface area contributed by atoms with Crippen LogP contribution in [0.1, 0.15) is 45.8 Å². The van der Waals surface area contributed by atoms with E-state index in [1.54, 1.807) is 0 Å². The van der Waals surface area contributed by atoms with Crippen molar-refractivity contribution in [1.82, 2.24) is 0 Å². The summed E-state index contributed by atoms with van der Waals surface area (Å²) in [5.41, 5.74) is 0.660. The van der Waals surface area contributed by atoms with Crippen molar-refractivity contribution in [2.24, 2.45) is 0 Å². The van der Waals surface area contributed by atoms with Crippen molar-refractivity contribution in [2.45, 2.75) is 57.2 Å². The first-order valence-corrected chi connectivity index (χ1v) is 7.43. The Morgan fingerprint density at radius 3 is 2.20 bits per heavy atom. The largest absolute Gasteiger partial charge is 0.464 e. The number of hydrogen-bond donors (Lipinski definition) is 0. The molecule has 0 spiro atoms. The molecule has 0 radical (unpaired) electrons. The summed E-state index contributed by atoms with van der Waals surface area (Å²) >= 11 is 0. The Bertz CT molecular complexity index is 456. The maximum Gasteiger partial charge on any atom is 0.464 e. The first kappa shape index (κ1) is 14.1. The van der Waals surface area contributed by atoms with Gasteiger partial charge in [0.1, 0.15) is 0 Å². The van der Waals surface area contributed by atoms with Crippen LogP contribution < -0.4 is 0 Å². The van der Waals surface area contributed by atoms with Gasteiger partial charge in [-0.1, -0.05) is 30.3 Å². The fourth-order valence-electron chi connectivity index (χ4n) is 2.93. The van der Waals surface area contributed by atoms with Gasteiger partial charge in [0.25, 0.3) is 0 Å². The summed E-state index contributed by atoms with van der Waals surface area (Å²) in [5, 5.41) is 0. The van der Waals surface area contributed by atoms with Crippen molar-refractivity contribution < 1.29 is 14.0 Å². The molecule has 0 aliphatic carbocycles. The topological polar surface area (TPSA) is 27.7 Å². The van der Waals surface area contributed by atoms with Crippen molar-refractivity contribution >= 4 is 7.12 Å². The Kier molecular flexibility index (Phi) is 3.43. The van der Waals surface area contributed by atoms with Gasteiger partial charge in [0, 0.05) is 12.4 Å². The van der Waals surface area contributed by atoms with Crippen LogP contribution in [0.3, 0.4) is 0 Å². The normalized spacial score (nSPS) is 31.7. The number of hydrogen-bond acceptors (Lipinski definition) is 3. The third-order valence-corrected chi connectivity index (χ3v) is 4.89.